The Labute approximate surface area is 202 Å². The first-order valence-corrected chi connectivity index (χ1v) is 10.7. The van der Waals surface area contributed by atoms with E-state index in [0.717, 1.165) is 12.1 Å². The minimum atomic E-state index is -4.46. The molecule has 1 amide bonds. The zero-order chi connectivity index (χ0) is 25.9. The number of nitrogens with two attached hydrogens (primary N) is 1. The van der Waals surface area contributed by atoms with Crippen LogP contribution in [-0.2, 0) is 6.18 Å². The lowest BCUT2D eigenvalue weighted by Crippen LogP contribution is -2.25. The van der Waals surface area contributed by atoms with Crippen molar-refractivity contribution in [3.05, 3.63) is 77.7 Å². The van der Waals surface area contributed by atoms with Gasteiger partial charge in [0, 0.05) is 17.7 Å². The lowest BCUT2D eigenvalue weighted by atomic mass is 10.1. The summed E-state index contributed by atoms with van der Waals surface area (Å²) >= 11 is 0. The van der Waals surface area contributed by atoms with E-state index in [1.54, 1.807) is 6.07 Å². The van der Waals surface area contributed by atoms with Crippen LogP contribution in [0.3, 0.4) is 0 Å². The van der Waals surface area contributed by atoms with Crippen molar-refractivity contribution in [2.75, 3.05) is 13.1 Å². The summed E-state index contributed by atoms with van der Waals surface area (Å²) in [5.41, 5.74) is 5.94. The SMILES string of the molecule is NCCCNC(=O)c1ccc(-c2cc(C(=O)O)cc(-n3cc(-c4ccc(C(F)(F)F)cc4)nn3)c2)o1. The number of hydrogen-bond acceptors (Lipinski definition) is 6. The lowest BCUT2D eigenvalue weighted by Gasteiger charge is -2.07. The van der Waals surface area contributed by atoms with Crippen LogP contribution in [0.4, 0.5) is 13.2 Å². The van der Waals surface area contributed by atoms with E-state index in [1.165, 1.54) is 47.3 Å². The summed E-state index contributed by atoms with van der Waals surface area (Å²) in [7, 11) is 0. The number of aromatic carboxylic acids is 1. The molecule has 4 aromatic rings. The number of nitrogens with zero attached hydrogens (tertiary/aromatic N) is 3. The highest BCUT2D eigenvalue weighted by Gasteiger charge is 2.30. The van der Waals surface area contributed by atoms with E-state index in [0.29, 0.717) is 42.0 Å². The molecule has 0 radical (unpaired) electrons. The summed E-state index contributed by atoms with van der Waals surface area (Å²) in [5.74, 6) is -1.32. The third kappa shape index (κ3) is 5.44. The van der Waals surface area contributed by atoms with E-state index in [1.807, 2.05) is 0 Å². The number of carbonyl (C=O) groups is 2. The molecule has 36 heavy (non-hydrogen) atoms. The zero-order valence-electron chi connectivity index (χ0n) is 18.6. The highest BCUT2D eigenvalue weighted by Crippen LogP contribution is 2.31. The van der Waals surface area contributed by atoms with Gasteiger partial charge in [-0.05, 0) is 55.4 Å². The zero-order valence-corrected chi connectivity index (χ0v) is 18.6. The highest BCUT2D eigenvalue weighted by molar-refractivity contribution is 5.93. The fourth-order valence-electron chi connectivity index (χ4n) is 3.37. The van der Waals surface area contributed by atoms with Crippen LogP contribution in [0.5, 0.6) is 0 Å². The number of alkyl halides is 3. The van der Waals surface area contributed by atoms with Crippen molar-refractivity contribution in [2.24, 2.45) is 5.73 Å². The first-order valence-electron chi connectivity index (χ1n) is 10.7. The van der Waals surface area contributed by atoms with Crippen LogP contribution < -0.4 is 11.1 Å². The van der Waals surface area contributed by atoms with E-state index in [4.69, 9.17) is 10.2 Å². The van der Waals surface area contributed by atoms with Crippen molar-refractivity contribution >= 4 is 11.9 Å². The molecule has 0 spiro atoms. The van der Waals surface area contributed by atoms with E-state index in [2.05, 4.69) is 15.6 Å². The molecular weight excluding hydrogens is 479 g/mol. The van der Waals surface area contributed by atoms with Crippen molar-refractivity contribution in [3.8, 4) is 28.3 Å². The van der Waals surface area contributed by atoms with Gasteiger partial charge in [0.25, 0.3) is 5.91 Å². The standard InChI is InChI=1S/C24H20F3N5O4/c25-24(26,27)17-4-2-14(3-5-17)19-13-32(31-30-19)18-11-15(10-16(12-18)23(34)35)20-6-7-21(36-20)22(33)29-9-1-8-28/h2-7,10-13H,1,8-9,28H2,(H,29,33)(H,34,35). The van der Waals surface area contributed by atoms with Gasteiger partial charge in [-0.1, -0.05) is 17.3 Å². The molecule has 0 fully saturated rings. The molecule has 9 nitrogen and oxygen atoms in total. The second kappa shape index (κ2) is 10.0. The Balaban J connectivity index is 1.63. The van der Waals surface area contributed by atoms with Crippen LogP contribution in [0, 0.1) is 0 Å². The maximum absolute atomic E-state index is 12.8. The molecule has 0 saturated heterocycles. The summed E-state index contributed by atoms with van der Waals surface area (Å²) in [6.07, 6.45) is -2.39. The maximum Gasteiger partial charge on any atom is 0.416 e. The number of rotatable bonds is 8. The summed E-state index contributed by atoms with van der Waals surface area (Å²) < 4.78 is 45.4. The number of hydrogen-bond donors (Lipinski definition) is 3. The van der Waals surface area contributed by atoms with Crippen molar-refractivity contribution in [2.45, 2.75) is 12.6 Å². The van der Waals surface area contributed by atoms with Gasteiger partial charge in [0.1, 0.15) is 11.5 Å². The fraction of sp³-hybridized carbons (Fsp3) is 0.167. The number of halogens is 3. The summed E-state index contributed by atoms with van der Waals surface area (Å²) in [4.78, 5) is 23.9. The largest absolute Gasteiger partial charge is 0.478 e. The molecule has 0 unspecified atom stereocenters. The minimum Gasteiger partial charge on any atom is -0.478 e. The monoisotopic (exact) mass is 499 g/mol. The number of furan rings is 1. The summed E-state index contributed by atoms with van der Waals surface area (Å²) in [6.45, 7) is 0.814. The topological polar surface area (TPSA) is 136 Å². The van der Waals surface area contributed by atoms with Crippen LogP contribution in [0.25, 0.3) is 28.3 Å². The molecule has 0 aliphatic carbocycles. The molecular formula is C24H20F3N5O4. The highest BCUT2D eigenvalue weighted by atomic mass is 19.4. The van der Waals surface area contributed by atoms with Gasteiger partial charge in [-0.3, -0.25) is 4.79 Å². The first kappa shape index (κ1) is 24.7. The molecule has 0 aliphatic heterocycles. The third-order valence-corrected chi connectivity index (χ3v) is 5.21. The van der Waals surface area contributed by atoms with Crippen molar-refractivity contribution < 1.29 is 32.3 Å². The predicted molar refractivity (Wildman–Crippen MR) is 122 cm³/mol. The van der Waals surface area contributed by atoms with Gasteiger partial charge in [-0.15, -0.1) is 5.10 Å². The molecule has 4 rings (SSSR count). The number of aromatic nitrogens is 3. The maximum atomic E-state index is 12.8. The minimum absolute atomic E-state index is 0.0506. The average Bonchev–Trinajstić information content (AvgIpc) is 3.54. The second-order valence-electron chi connectivity index (χ2n) is 7.76. The number of carboxylic acids is 1. The van der Waals surface area contributed by atoms with Crippen molar-refractivity contribution in [3.63, 3.8) is 0 Å². The average molecular weight is 499 g/mol. The number of benzene rings is 2. The summed E-state index contributed by atoms with van der Waals surface area (Å²) in [6, 6.07) is 11.8. The van der Waals surface area contributed by atoms with E-state index in [-0.39, 0.29) is 17.1 Å². The number of amides is 1. The Kier molecular flexibility index (Phi) is 6.88. The third-order valence-electron chi connectivity index (χ3n) is 5.21. The molecule has 186 valence electrons. The molecule has 4 N–H and O–H groups in total. The number of carbonyl (C=O) groups excluding carboxylic acids is 1. The molecule has 0 aliphatic rings. The normalized spacial score (nSPS) is 11.4. The van der Waals surface area contributed by atoms with E-state index >= 15 is 0 Å². The van der Waals surface area contributed by atoms with Gasteiger partial charge in [0.2, 0.25) is 0 Å². The van der Waals surface area contributed by atoms with Gasteiger partial charge in [-0.25, -0.2) is 9.48 Å². The van der Waals surface area contributed by atoms with Gasteiger partial charge < -0.3 is 20.6 Å². The quantitative estimate of drug-likeness (QED) is 0.312. The van der Waals surface area contributed by atoms with E-state index < -0.39 is 23.6 Å². The molecule has 2 heterocycles. The first-order chi connectivity index (χ1) is 17.2. The van der Waals surface area contributed by atoms with Crippen LogP contribution in [0.1, 0.15) is 32.9 Å². The Morgan fingerprint density at radius 1 is 1.06 bits per heavy atom. The smallest absolute Gasteiger partial charge is 0.416 e. The van der Waals surface area contributed by atoms with Crippen molar-refractivity contribution in [1.82, 2.24) is 20.3 Å². The lowest BCUT2D eigenvalue weighted by molar-refractivity contribution is -0.137. The van der Waals surface area contributed by atoms with Crippen molar-refractivity contribution in [1.29, 1.82) is 0 Å². The molecule has 2 aromatic carbocycles. The molecule has 0 saturated carbocycles. The van der Waals surface area contributed by atoms with Gasteiger partial charge in [0.15, 0.2) is 5.76 Å². The predicted octanol–water partition coefficient (Wildman–Crippen LogP) is 3.99. The van der Waals surface area contributed by atoms with Crippen LogP contribution >= 0.6 is 0 Å². The molecule has 0 bridgehead atoms. The van der Waals surface area contributed by atoms with Gasteiger partial charge in [-0.2, -0.15) is 13.2 Å². The Hall–Kier alpha value is -4.45. The molecule has 0 atom stereocenters. The molecule has 2 aromatic heterocycles. The number of carboxylic acid groups (broad SMARTS) is 1. The fourth-order valence-corrected chi connectivity index (χ4v) is 3.37. The van der Waals surface area contributed by atoms with Crippen LogP contribution in [0.2, 0.25) is 0 Å². The Morgan fingerprint density at radius 2 is 1.81 bits per heavy atom. The van der Waals surface area contributed by atoms with E-state index in [9.17, 15) is 27.9 Å². The second-order valence-corrected chi connectivity index (χ2v) is 7.76. The van der Waals surface area contributed by atoms with Gasteiger partial charge in [0.05, 0.1) is 23.0 Å². The molecule has 12 heteroatoms. The van der Waals surface area contributed by atoms with Crippen LogP contribution in [0.15, 0.2) is 65.2 Å². The number of nitrogens with one attached hydrogen (secondary N) is 1. The Morgan fingerprint density at radius 3 is 2.47 bits per heavy atom. The summed E-state index contributed by atoms with van der Waals surface area (Å²) in [5, 5.41) is 20.2. The van der Waals surface area contributed by atoms with Gasteiger partial charge >= 0.3 is 12.1 Å². The Bertz CT molecular complexity index is 1390. The van der Waals surface area contributed by atoms with Crippen LogP contribution in [-0.4, -0.2) is 45.1 Å².